The SMILES string of the molecule is C/C=C\c1ccccc1Oc1ccc(C(CCCCCCCCC)c2ccc(Oc3ccccc3/C=C\C)cc2)cc1. The minimum Gasteiger partial charge on any atom is -0.457 e. The first-order valence-electron chi connectivity index (χ1n) is 15.7. The summed E-state index contributed by atoms with van der Waals surface area (Å²) < 4.78 is 12.5. The molecule has 4 rings (SSSR count). The standard InChI is InChI=1S/C40H46O2/c1-4-7-8-9-10-11-12-21-38(32-24-28-36(29-25-32)41-39-22-15-13-19-34(39)17-5-2)33-26-30-37(31-27-33)42-40-23-16-14-20-35(40)18-6-3/h5-6,13-20,22-31,38H,4,7-12,21H2,1-3H3/b17-5-,18-6-. The molecule has 0 bridgehead atoms. The summed E-state index contributed by atoms with van der Waals surface area (Å²) in [6, 6.07) is 33.7. The van der Waals surface area contributed by atoms with E-state index in [2.05, 4.69) is 79.7 Å². The third-order valence-corrected chi connectivity index (χ3v) is 7.65. The highest BCUT2D eigenvalue weighted by atomic mass is 16.5. The van der Waals surface area contributed by atoms with Gasteiger partial charge in [-0.3, -0.25) is 0 Å². The Labute approximate surface area is 253 Å². The van der Waals surface area contributed by atoms with Crippen LogP contribution in [0.4, 0.5) is 0 Å². The number of unbranched alkanes of at least 4 members (excludes halogenated alkanes) is 6. The quantitative estimate of drug-likeness (QED) is 0.127. The molecule has 0 atom stereocenters. The van der Waals surface area contributed by atoms with Gasteiger partial charge in [0.15, 0.2) is 0 Å². The minimum absolute atomic E-state index is 0.328. The van der Waals surface area contributed by atoms with Crippen LogP contribution in [0.1, 0.15) is 100 Å². The Morgan fingerprint density at radius 3 is 1.40 bits per heavy atom. The zero-order valence-corrected chi connectivity index (χ0v) is 25.6. The van der Waals surface area contributed by atoms with Crippen LogP contribution in [0.5, 0.6) is 23.0 Å². The van der Waals surface area contributed by atoms with Crippen LogP contribution in [-0.2, 0) is 0 Å². The van der Waals surface area contributed by atoms with E-state index < -0.39 is 0 Å². The maximum Gasteiger partial charge on any atom is 0.134 e. The number of rotatable bonds is 16. The van der Waals surface area contributed by atoms with E-state index in [1.54, 1.807) is 0 Å². The van der Waals surface area contributed by atoms with Crippen molar-refractivity contribution in [2.45, 2.75) is 78.1 Å². The molecule has 0 heterocycles. The molecule has 42 heavy (non-hydrogen) atoms. The number of ether oxygens (including phenoxy) is 2. The Hall–Kier alpha value is -4.04. The number of allylic oxidation sites excluding steroid dienone is 2. The lowest BCUT2D eigenvalue weighted by molar-refractivity contribution is 0.480. The Kier molecular flexibility index (Phi) is 12.5. The summed E-state index contributed by atoms with van der Waals surface area (Å²) in [4.78, 5) is 0. The first kappa shape index (κ1) is 30.9. The van der Waals surface area contributed by atoms with Crippen LogP contribution in [0, 0.1) is 0 Å². The summed E-state index contributed by atoms with van der Waals surface area (Å²) in [6.07, 6.45) is 18.5. The summed E-state index contributed by atoms with van der Waals surface area (Å²) in [5.41, 5.74) is 4.80. The van der Waals surface area contributed by atoms with Crippen molar-refractivity contribution < 1.29 is 9.47 Å². The topological polar surface area (TPSA) is 18.5 Å². The van der Waals surface area contributed by atoms with E-state index >= 15 is 0 Å². The molecule has 0 amide bonds. The van der Waals surface area contributed by atoms with E-state index in [0.29, 0.717) is 5.92 Å². The number of hydrogen-bond acceptors (Lipinski definition) is 2. The molecule has 0 saturated carbocycles. The fourth-order valence-corrected chi connectivity index (χ4v) is 5.40. The molecule has 0 unspecified atom stereocenters. The maximum absolute atomic E-state index is 6.27. The zero-order chi connectivity index (χ0) is 29.4. The fourth-order valence-electron chi connectivity index (χ4n) is 5.40. The van der Waals surface area contributed by atoms with Crippen LogP contribution in [-0.4, -0.2) is 0 Å². The molecule has 0 saturated heterocycles. The zero-order valence-electron chi connectivity index (χ0n) is 25.6. The third kappa shape index (κ3) is 9.24. The Bertz CT molecular complexity index is 1300. The van der Waals surface area contributed by atoms with Crippen LogP contribution >= 0.6 is 0 Å². The van der Waals surface area contributed by atoms with Gasteiger partial charge in [0.05, 0.1) is 0 Å². The highest BCUT2D eigenvalue weighted by Crippen LogP contribution is 2.35. The normalized spacial score (nSPS) is 11.5. The first-order valence-corrected chi connectivity index (χ1v) is 15.7. The largest absolute Gasteiger partial charge is 0.457 e. The molecular formula is C40H46O2. The molecule has 0 spiro atoms. The Morgan fingerprint density at radius 2 is 0.952 bits per heavy atom. The van der Waals surface area contributed by atoms with Crippen molar-refractivity contribution in [1.29, 1.82) is 0 Å². The van der Waals surface area contributed by atoms with Gasteiger partial charge >= 0.3 is 0 Å². The highest BCUT2D eigenvalue weighted by Gasteiger charge is 2.15. The smallest absolute Gasteiger partial charge is 0.134 e. The average Bonchev–Trinajstić information content (AvgIpc) is 3.02. The summed E-state index contributed by atoms with van der Waals surface area (Å²) in [5.74, 6) is 3.78. The highest BCUT2D eigenvalue weighted by molar-refractivity contribution is 5.58. The van der Waals surface area contributed by atoms with Gasteiger partial charge in [-0.15, -0.1) is 0 Å². The summed E-state index contributed by atoms with van der Waals surface area (Å²) in [7, 11) is 0. The summed E-state index contributed by atoms with van der Waals surface area (Å²) in [5, 5.41) is 0. The van der Waals surface area contributed by atoms with E-state index in [0.717, 1.165) is 40.5 Å². The molecule has 2 heteroatoms. The van der Waals surface area contributed by atoms with E-state index in [1.165, 1.54) is 56.1 Å². The number of hydrogen-bond donors (Lipinski definition) is 0. The van der Waals surface area contributed by atoms with Gasteiger partial charge in [0.25, 0.3) is 0 Å². The van der Waals surface area contributed by atoms with E-state index in [4.69, 9.17) is 9.47 Å². The van der Waals surface area contributed by atoms with Gasteiger partial charge in [-0.2, -0.15) is 0 Å². The predicted octanol–water partition coefficient (Wildman–Crippen LogP) is 12.6. The molecular weight excluding hydrogens is 512 g/mol. The van der Waals surface area contributed by atoms with Crippen LogP contribution in [0.3, 0.4) is 0 Å². The summed E-state index contributed by atoms with van der Waals surface area (Å²) in [6.45, 7) is 6.33. The predicted molar refractivity (Wildman–Crippen MR) is 180 cm³/mol. The van der Waals surface area contributed by atoms with Crippen LogP contribution in [0.15, 0.2) is 109 Å². The van der Waals surface area contributed by atoms with Gasteiger partial charge in [0, 0.05) is 17.0 Å². The fraction of sp³-hybridized carbons (Fsp3) is 0.300. The average molecular weight is 559 g/mol. The van der Waals surface area contributed by atoms with E-state index in [-0.39, 0.29) is 0 Å². The van der Waals surface area contributed by atoms with Crippen molar-refractivity contribution in [2.24, 2.45) is 0 Å². The second-order valence-electron chi connectivity index (χ2n) is 10.9. The molecule has 4 aromatic carbocycles. The van der Waals surface area contributed by atoms with Crippen LogP contribution in [0.25, 0.3) is 12.2 Å². The third-order valence-electron chi connectivity index (χ3n) is 7.65. The first-order chi connectivity index (χ1) is 20.7. The summed E-state index contributed by atoms with van der Waals surface area (Å²) >= 11 is 0. The molecule has 0 radical (unpaired) electrons. The molecule has 2 nitrogen and oxygen atoms in total. The maximum atomic E-state index is 6.27. The Morgan fingerprint density at radius 1 is 0.524 bits per heavy atom. The van der Waals surface area contributed by atoms with Crippen molar-refractivity contribution in [3.05, 3.63) is 131 Å². The molecule has 0 aliphatic carbocycles. The second-order valence-corrected chi connectivity index (χ2v) is 10.9. The van der Waals surface area contributed by atoms with Gasteiger partial charge in [-0.25, -0.2) is 0 Å². The van der Waals surface area contributed by atoms with Gasteiger partial charge in [-0.05, 0) is 67.8 Å². The Balaban J connectivity index is 1.49. The molecule has 0 aromatic heterocycles. The van der Waals surface area contributed by atoms with Crippen molar-refractivity contribution in [2.75, 3.05) is 0 Å². The molecule has 4 aromatic rings. The van der Waals surface area contributed by atoms with Crippen molar-refractivity contribution >= 4 is 12.2 Å². The van der Waals surface area contributed by atoms with Crippen molar-refractivity contribution in [3.8, 4) is 23.0 Å². The van der Waals surface area contributed by atoms with E-state index in [1.807, 2.05) is 62.4 Å². The molecule has 0 aliphatic heterocycles. The van der Waals surface area contributed by atoms with E-state index in [9.17, 15) is 0 Å². The van der Waals surface area contributed by atoms with Crippen molar-refractivity contribution in [3.63, 3.8) is 0 Å². The molecule has 0 aliphatic rings. The van der Waals surface area contributed by atoms with Crippen LogP contribution in [0.2, 0.25) is 0 Å². The van der Waals surface area contributed by atoms with Gasteiger partial charge in [-0.1, -0.05) is 137 Å². The number of para-hydroxylation sites is 2. The van der Waals surface area contributed by atoms with Gasteiger partial charge < -0.3 is 9.47 Å². The molecule has 218 valence electrons. The lowest BCUT2D eigenvalue weighted by Crippen LogP contribution is -2.02. The van der Waals surface area contributed by atoms with Gasteiger partial charge in [0.1, 0.15) is 23.0 Å². The molecule has 0 fully saturated rings. The number of benzene rings is 4. The lowest BCUT2D eigenvalue weighted by atomic mass is 9.86. The molecule has 0 N–H and O–H groups in total. The minimum atomic E-state index is 0.328. The second kappa shape index (κ2) is 17.0. The van der Waals surface area contributed by atoms with Gasteiger partial charge in [0.2, 0.25) is 0 Å². The monoisotopic (exact) mass is 558 g/mol. The van der Waals surface area contributed by atoms with Crippen molar-refractivity contribution in [1.82, 2.24) is 0 Å². The van der Waals surface area contributed by atoms with Crippen LogP contribution < -0.4 is 9.47 Å². The lowest BCUT2D eigenvalue weighted by Gasteiger charge is -2.19.